The minimum absolute atomic E-state index is 0.418. The van der Waals surface area contributed by atoms with Gasteiger partial charge in [0.05, 0.1) is 6.54 Å². The van der Waals surface area contributed by atoms with Crippen LogP contribution < -0.4 is 5.32 Å². The highest BCUT2D eigenvalue weighted by atomic mass is 16.4. The molecule has 1 fully saturated rings. The average Bonchev–Trinajstić information content (AvgIpc) is 3.09. The van der Waals surface area contributed by atoms with Crippen LogP contribution in [0.25, 0.3) is 0 Å². The number of carbonyl (C=O) groups is 1. The first-order valence-electron chi connectivity index (χ1n) is 6.70. The van der Waals surface area contributed by atoms with Gasteiger partial charge in [-0.2, -0.15) is 0 Å². The van der Waals surface area contributed by atoms with Crippen LogP contribution in [0.1, 0.15) is 25.1 Å². The van der Waals surface area contributed by atoms with E-state index in [1.807, 2.05) is 24.9 Å². The van der Waals surface area contributed by atoms with Gasteiger partial charge in [-0.25, -0.2) is 4.98 Å². The van der Waals surface area contributed by atoms with E-state index in [4.69, 9.17) is 5.11 Å². The summed E-state index contributed by atoms with van der Waals surface area (Å²) in [5.41, 5.74) is 0. The van der Waals surface area contributed by atoms with Crippen molar-refractivity contribution in [3.63, 3.8) is 0 Å². The van der Waals surface area contributed by atoms with Crippen molar-refractivity contribution in [2.45, 2.75) is 37.9 Å². The SMILES string of the molecule is CN(CCC(NC1CC1)C(=O)O)Cc1nccn1C. The van der Waals surface area contributed by atoms with Crippen molar-refractivity contribution in [3.05, 3.63) is 18.2 Å². The van der Waals surface area contributed by atoms with Crippen molar-refractivity contribution >= 4 is 5.97 Å². The van der Waals surface area contributed by atoms with Crippen LogP contribution in [0.2, 0.25) is 0 Å². The summed E-state index contributed by atoms with van der Waals surface area (Å²) in [5, 5.41) is 12.3. The molecule has 2 N–H and O–H groups in total. The van der Waals surface area contributed by atoms with Crippen molar-refractivity contribution in [3.8, 4) is 0 Å². The van der Waals surface area contributed by atoms with E-state index in [9.17, 15) is 4.79 Å². The number of hydrogen-bond donors (Lipinski definition) is 2. The molecule has 2 rings (SSSR count). The molecule has 0 aromatic carbocycles. The van der Waals surface area contributed by atoms with Gasteiger partial charge in [-0.15, -0.1) is 0 Å². The fraction of sp³-hybridized carbons (Fsp3) is 0.692. The molecule has 0 radical (unpaired) electrons. The molecule has 0 bridgehead atoms. The van der Waals surface area contributed by atoms with Gasteiger partial charge in [0.2, 0.25) is 0 Å². The highest BCUT2D eigenvalue weighted by molar-refractivity contribution is 5.73. The number of nitrogens with one attached hydrogen (secondary N) is 1. The predicted molar refractivity (Wildman–Crippen MR) is 71.7 cm³/mol. The number of nitrogens with zero attached hydrogens (tertiary/aromatic N) is 3. The molecular weight excluding hydrogens is 244 g/mol. The first kappa shape index (κ1) is 14.0. The van der Waals surface area contributed by atoms with E-state index >= 15 is 0 Å². The molecule has 0 aliphatic heterocycles. The van der Waals surface area contributed by atoms with Gasteiger partial charge in [-0.3, -0.25) is 9.69 Å². The van der Waals surface area contributed by atoms with Crippen molar-refractivity contribution in [2.24, 2.45) is 7.05 Å². The quantitative estimate of drug-likeness (QED) is 0.715. The summed E-state index contributed by atoms with van der Waals surface area (Å²) in [7, 11) is 3.95. The monoisotopic (exact) mass is 266 g/mol. The fourth-order valence-corrected chi connectivity index (χ4v) is 2.03. The molecule has 106 valence electrons. The van der Waals surface area contributed by atoms with Crippen molar-refractivity contribution in [1.29, 1.82) is 0 Å². The fourth-order valence-electron chi connectivity index (χ4n) is 2.03. The molecular formula is C13H22N4O2. The number of carboxylic acid groups (broad SMARTS) is 1. The van der Waals surface area contributed by atoms with Crippen molar-refractivity contribution < 1.29 is 9.90 Å². The van der Waals surface area contributed by atoms with E-state index < -0.39 is 12.0 Å². The number of rotatable bonds is 8. The number of imidazole rings is 1. The second kappa shape index (κ2) is 6.16. The molecule has 6 nitrogen and oxygen atoms in total. The Bertz CT molecular complexity index is 428. The molecule has 1 heterocycles. The van der Waals surface area contributed by atoms with Crippen LogP contribution >= 0.6 is 0 Å². The van der Waals surface area contributed by atoms with Gasteiger partial charge in [0.15, 0.2) is 0 Å². The number of aromatic nitrogens is 2. The smallest absolute Gasteiger partial charge is 0.320 e. The molecule has 1 aliphatic rings. The summed E-state index contributed by atoms with van der Waals surface area (Å²) in [6.07, 6.45) is 6.52. The van der Waals surface area contributed by atoms with Gasteiger partial charge in [-0.1, -0.05) is 0 Å². The lowest BCUT2D eigenvalue weighted by molar-refractivity contribution is -0.139. The van der Waals surface area contributed by atoms with Crippen LogP contribution in [0.5, 0.6) is 0 Å². The van der Waals surface area contributed by atoms with Crippen LogP contribution in [0.3, 0.4) is 0 Å². The minimum atomic E-state index is -0.753. The maximum atomic E-state index is 11.1. The Balaban J connectivity index is 1.76. The molecule has 1 atom stereocenters. The second-order valence-corrected chi connectivity index (χ2v) is 5.31. The van der Waals surface area contributed by atoms with Gasteiger partial charge in [0.1, 0.15) is 11.9 Å². The summed E-state index contributed by atoms with van der Waals surface area (Å²) in [4.78, 5) is 17.5. The molecule has 0 saturated heterocycles. The molecule has 1 aromatic rings. The van der Waals surface area contributed by atoms with E-state index in [1.165, 1.54) is 0 Å². The number of hydrogen-bond acceptors (Lipinski definition) is 4. The molecule has 19 heavy (non-hydrogen) atoms. The number of aryl methyl sites for hydroxylation is 1. The van der Waals surface area contributed by atoms with Gasteiger partial charge < -0.3 is 15.0 Å². The third kappa shape index (κ3) is 4.33. The van der Waals surface area contributed by atoms with E-state index in [1.54, 1.807) is 6.20 Å². The molecule has 1 saturated carbocycles. The third-order valence-corrected chi connectivity index (χ3v) is 3.44. The van der Waals surface area contributed by atoms with Gasteiger partial charge in [0.25, 0.3) is 0 Å². The zero-order chi connectivity index (χ0) is 13.8. The summed E-state index contributed by atoms with van der Waals surface area (Å²) < 4.78 is 1.98. The lowest BCUT2D eigenvalue weighted by atomic mass is 10.2. The first-order valence-corrected chi connectivity index (χ1v) is 6.70. The predicted octanol–water partition coefficient (Wildman–Crippen LogP) is 0.447. The van der Waals surface area contributed by atoms with Crippen molar-refractivity contribution in [1.82, 2.24) is 19.8 Å². The lowest BCUT2D eigenvalue weighted by Gasteiger charge is -2.20. The molecule has 1 unspecified atom stereocenters. The zero-order valence-electron chi connectivity index (χ0n) is 11.5. The Kier molecular flexibility index (Phi) is 4.55. The topological polar surface area (TPSA) is 70.4 Å². The maximum Gasteiger partial charge on any atom is 0.320 e. The van der Waals surface area contributed by atoms with Crippen LogP contribution in [0, 0.1) is 0 Å². The minimum Gasteiger partial charge on any atom is -0.480 e. The largest absolute Gasteiger partial charge is 0.480 e. The van der Waals surface area contributed by atoms with Crippen LogP contribution in [0.4, 0.5) is 0 Å². The lowest BCUT2D eigenvalue weighted by Crippen LogP contribution is -2.40. The third-order valence-electron chi connectivity index (χ3n) is 3.44. The Morgan fingerprint density at radius 3 is 2.95 bits per heavy atom. The number of aliphatic carboxylic acids is 1. The van der Waals surface area contributed by atoms with Crippen LogP contribution in [-0.2, 0) is 18.4 Å². The van der Waals surface area contributed by atoms with E-state index in [2.05, 4.69) is 15.2 Å². The Labute approximate surface area is 113 Å². The summed E-state index contributed by atoms with van der Waals surface area (Å²) in [6.45, 7) is 1.48. The zero-order valence-corrected chi connectivity index (χ0v) is 11.5. The normalized spacial score (nSPS) is 16.8. The van der Waals surface area contributed by atoms with Gasteiger partial charge in [-0.05, 0) is 26.3 Å². The molecule has 1 aliphatic carbocycles. The number of carboxylic acids is 1. The Morgan fingerprint density at radius 1 is 1.68 bits per heavy atom. The standard InChI is InChI=1S/C13H22N4O2/c1-16(9-12-14-6-8-17(12)2)7-5-11(13(18)19)15-10-3-4-10/h6,8,10-11,15H,3-5,7,9H2,1-2H3,(H,18,19). The van der Waals surface area contributed by atoms with E-state index in [-0.39, 0.29) is 0 Å². The summed E-state index contributed by atoms with van der Waals surface area (Å²) in [6, 6.07) is -0.0164. The van der Waals surface area contributed by atoms with Crippen LogP contribution in [-0.4, -0.2) is 51.2 Å². The molecule has 0 spiro atoms. The van der Waals surface area contributed by atoms with Crippen LogP contribution in [0.15, 0.2) is 12.4 Å². The molecule has 1 aromatic heterocycles. The highest BCUT2D eigenvalue weighted by Crippen LogP contribution is 2.20. The summed E-state index contributed by atoms with van der Waals surface area (Å²) in [5.74, 6) is 0.238. The molecule has 6 heteroatoms. The Morgan fingerprint density at radius 2 is 2.42 bits per heavy atom. The Hall–Kier alpha value is -1.40. The highest BCUT2D eigenvalue weighted by Gasteiger charge is 2.28. The van der Waals surface area contributed by atoms with Crippen molar-refractivity contribution in [2.75, 3.05) is 13.6 Å². The van der Waals surface area contributed by atoms with E-state index in [0.29, 0.717) is 12.5 Å². The average molecular weight is 266 g/mol. The second-order valence-electron chi connectivity index (χ2n) is 5.31. The summed E-state index contributed by atoms with van der Waals surface area (Å²) >= 11 is 0. The van der Waals surface area contributed by atoms with Gasteiger partial charge >= 0.3 is 5.97 Å². The molecule has 0 amide bonds. The maximum absolute atomic E-state index is 11.1. The van der Waals surface area contributed by atoms with E-state index in [0.717, 1.165) is 31.8 Å². The first-order chi connectivity index (χ1) is 9.06. The van der Waals surface area contributed by atoms with Gasteiger partial charge in [0, 0.05) is 32.0 Å².